The molecule has 0 spiro atoms. The number of halogens is 2. The zero-order chi connectivity index (χ0) is 15.0. The van der Waals surface area contributed by atoms with E-state index in [1.54, 1.807) is 0 Å². The second-order valence-corrected chi connectivity index (χ2v) is 5.47. The number of hydrogen-bond donors (Lipinski definition) is 1. The monoisotopic (exact) mass is 295 g/mol. The summed E-state index contributed by atoms with van der Waals surface area (Å²) in [6, 6.07) is 3.17. The number of hydrogen-bond acceptors (Lipinski definition) is 5. The number of nitrogens with two attached hydrogens (primary N) is 1. The molecule has 21 heavy (non-hydrogen) atoms. The zero-order valence-electron chi connectivity index (χ0n) is 11.5. The van der Waals surface area contributed by atoms with Crippen molar-refractivity contribution in [3.8, 4) is 0 Å². The highest BCUT2D eigenvalue weighted by Gasteiger charge is 2.44. The molecule has 112 valence electrons. The summed E-state index contributed by atoms with van der Waals surface area (Å²) < 4.78 is 37.1. The van der Waals surface area contributed by atoms with Crippen LogP contribution in [0.3, 0.4) is 0 Å². The van der Waals surface area contributed by atoms with E-state index in [1.807, 2.05) is 6.92 Å². The SMILES string of the molecule is CC1(c2nc(Cc3ccc(F)cc3F)no2)COCC1N. The molecule has 0 amide bonds. The van der Waals surface area contributed by atoms with E-state index in [1.165, 1.54) is 12.1 Å². The maximum Gasteiger partial charge on any atom is 0.236 e. The summed E-state index contributed by atoms with van der Waals surface area (Å²) in [6.07, 6.45) is 0.127. The molecule has 0 aliphatic carbocycles. The summed E-state index contributed by atoms with van der Waals surface area (Å²) in [5.41, 5.74) is 5.76. The van der Waals surface area contributed by atoms with Gasteiger partial charge in [-0.1, -0.05) is 11.2 Å². The molecular formula is C14H15F2N3O2. The molecule has 0 radical (unpaired) electrons. The van der Waals surface area contributed by atoms with Crippen molar-refractivity contribution in [3.05, 3.63) is 47.1 Å². The first-order valence-corrected chi connectivity index (χ1v) is 6.59. The molecule has 3 rings (SSSR count). The smallest absolute Gasteiger partial charge is 0.236 e. The molecule has 2 heterocycles. The molecule has 1 aromatic carbocycles. The van der Waals surface area contributed by atoms with E-state index in [0.717, 1.165) is 6.07 Å². The molecule has 1 fully saturated rings. The Hall–Kier alpha value is -1.86. The van der Waals surface area contributed by atoms with Crippen molar-refractivity contribution in [1.29, 1.82) is 0 Å². The van der Waals surface area contributed by atoms with E-state index in [-0.39, 0.29) is 12.5 Å². The van der Waals surface area contributed by atoms with Crippen LogP contribution < -0.4 is 5.73 Å². The van der Waals surface area contributed by atoms with Gasteiger partial charge in [0.1, 0.15) is 11.6 Å². The van der Waals surface area contributed by atoms with Crippen molar-refractivity contribution in [2.45, 2.75) is 24.8 Å². The summed E-state index contributed by atoms with van der Waals surface area (Å²) in [4.78, 5) is 4.28. The third-order valence-corrected chi connectivity index (χ3v) is 3.84. The number of ether oxygens (including phenoxy) is 1. The maximum atomic E-state index is 13.6. The molecule has 2 N–H and O–H groups in total. The molecule has 1 aliphatic rings. The third-order valence-electron chi connectivity index (χ3n) is 3.84. The Labute approximate surface area is 120 Å². The minimum absolute atomic E-state index is 0.127. The van der Waals surface area contributed by atoms with Crippen molar-refractivity contribution in [3.63, 3.8) is 0 Å². The Kier molecular flexibility index (Phi) is 3.46. The molecular weight excluding hydrogens is 280 g/mol. The molecule has 1 aliphatic heterocycles. The zero-order valence-corrected chi connectivity index (χ0v) is 11.5. The molecule has 1 saturated heterocycles. The molecule has 0 bridgehead atoms. The van der Waals surface area contributed by atoms with Gasteiger partial charge in [-0.25, -0.2) is 8.78 Å². The number of benzene rings is 1. The summed E-state index contributed by atoms with van der Waals surface area (Å²) in [7, 11) is 0. The van der Waals surface area contributed by atoms with Gasteiger partial charge in [-0.2, -0.15) is 4.98 Å². The highest BCUT2D eigenvalue weighted by molar-refractivity contribution is 5.22. The maximum absolute atomic E-state index is 13.6. The minimum atomic E-state index is -0.631. The van der Waals surface area contributed by atoms with Gasteiger partial charge >= 0.3 is 0 Å². The number of rotatable bonds is 3. The summed E-state index contributed by atoms with van der Waals surface area (Å²) in [5.74, 6) is -0.541. The second-order valence-electron chi connectivity index (χ2n) is 5.47. The summed E-state index contributed by atoms with van der Waals surface area (Å²) in [6.45, 7) is 2.72. The van der Waals surface area contributed by atoms with Crippen molar-refractivity contribution in [1.82, 2.24) is 10.1 Å². The van der Waals surface area contributed by atoms with E-state index in [0.29, 0.717) is 30.5 Å². The van der Waals surface area contributed by atoms with Gasteiger partial charge in [0.25, 0.3) is 0 Å². The predicted octanol–water partition coefficient (Wildman–Crippen LogP) is 1.55. The first kappa shape index (κ1) is 14.1. The van der Waals surface area contributed by atoms with E-state index >= 15 is 0 Å². The first-order valence-electron chi connectivity index (χ1n) is 6.59. The van der Waals surface area contributed by atoms with Crippen LogP contribution in [0.4, 0.5) is 8.78 Å². The van der Waals surface area contributed by atoms with Gasteiger partial charge in [0.2, 0.25) is 5.89 Å². The minimum Gasteiger partial charge on any atom is -0.379 e. The van der Waals surface area contributed by atoms with Gasteiger partial charge in [-0.15, -0.1) is 0 Å². The van der Waals surface area contributed by atoms with Crippen LogP contribution >= 0.6 is 0 Å². The molecule has 0 saturated carbocycles. The molecule has 5 nitrogen and oxygen atoms in total. The topological polar surface area (TPSA) is 74.2 Å². The van der Waals surface area contributed by atoms with Crippen LogP contribution in [0, 0.1) is 11.6 Å². The van der Waals surface area contributed by atoms with E-state index in [4.69, 9.17) is 15.0 Å². The average molecular weight is 295 g/mol. The fraction of sp³-hybridized carbons (Fsp3) is 0.429. The van der Waals surface area contributed by atoms with Crippen LogP contribution in [0.1, 0.15) is 24.2 Å². The van der Waals surface area contributed by atoms with Crippen molar-refractivity contribution < 1.29 is 18.0 Å². The number of aromatic nitrogens is 2. The van der Waals surface area contributed by atoms with Crippen LogP contribution in [0.2, 0.25) is 0 Å². The van der Waals surface area contributed by atoms with Gasteiger partial charge in [0.05, 0.1) is 18.6 Å². The highest BCUT2D eigenvalue weighted by atomic mass is 19.1. The lowest BCUT2D eigenvalue weighted by molar-refractivity contribution is 0.169. The Balaban J connectivity index is 1.82. The quantitative estimate of drug-likeness (QED) is 0.930. The lowest BCUT2D eigenvalue weighted by atomic mass is 9.86. The van der Waals surface area contributed by atoms with Crippen molar-refractivity contribution in [2.75, 3.05) is 13.2 Å². The van der Waals surface area contributed by atoms with Gasteiger partial charge in [0.15, 0.2) is 5.82 Å². The Morgan fingerprint density at radius 3 is 2.90 bits per heavy atom. The molecule has 1 aromatic heterocycles. The summed E-state index contributed by atoms with van der Waals surface area (Å²) in [5, 5.41) is 3.84. The van der Waals surface area contributed by atoms with Crippen LogP contribution in [0.25, 0.3) is 0 Å². The largest absolute Gasteiger partial charge is 0.379 e. The van der Waals surface area contributed by atoms with Gasteiger partial charge in [0, 0.05) is 18.5 Å². The van der Waals surface area contributed by atoms with Crippen LogP contribution in [-0.4, -0.2) is 29.4 Å². The highest BCUT2D eigenvalue weighted by Crippen LogP contribution is 2.30. The van der Waals surface area contributed by atoms with Crippen LogP contribution in [0.5, 0.6) is 0 Å². The lowest BCUT2D eigenvalue weighted by Crippen LogP contribution is -2.42. The van der Waals surface area contributed by atoms with E-state index < -0.39 is 17.0 Å². The lowest BCUT2D eigenvalue weighted by Gasteiger charge is -2.21. The Morgan fingerprint density at radius 1 is 1.43 bits per heavy atom. The predicted molar refractivity (Wildman–Crippen MR) is 69.6 cm³/mol. The fourth-order valence-corrected chi connectivity index (χ4v) is 2.30. The van der Waals surface area contributed by atoms with Gasteiger partial charge in [-0.3, -0.25) is 0 Å². The first-order chi connectivity index (χ1) is 9.99. The fourth-order valence-electron chi connectivity index (χ4n) is 2.30. The number of nitrogens with zero attached hydrogens (tertiary/aromatic N) is 2. The van der Waals surface area contributed by atoms with Gasteiger partial charge < -0.3 is 15.0 Å². The van der Waals surface area contributed by atoms with E-state index in [2.05, 4.69) is 10.1 Å². The van der Waals surface area contributed by atoms with Crippen LogP contribution in [-0.2, 0) is 16.6 Å². The van der Waals surface area contributed by atoms with E-state index in [9.17, 15) is 8.78 Å². The van der Waals surface area contributed by atoms with Gasteiger partial charge in [-0.05, 0) is 18.6 Å². The van der Waals surface area contributed by atoms with Crippen molar-refractivity contribution in [2.24, 2.45) is 5.73 Å². The third kappa shape index (κ3) is 2.54. The Bertz CT molecular complexity index is 661. The second kappa shape index (κ2) is 5.16. The molecule has 2 unspecified atom stereocenters. The Morgan fingerprint density at radius 2 is 2.24 bits per heavy atom. The molecule has 7 heteroatoms. The summed E-state index contributed by atoms with van der Waals surface area (Å²) >= 11 is 0. The standard InChI is InChI=1S/C14H15F2N3O2/c1-14(7-20-6-11(14)17)13-18-12(19-21-13)4-8-2-3-9(15)5-10(8)16/h2-3,5,11H,4,6-7,17H2,1H3. The molecule has 2 atom stereocenters. The average Bonchev–Trinajstić information content (AvgIpc) is 3.02. The normalized spacial score (nSPS) is 25.4. The molecule has 2 aromatic rings. The van der Waals surface area contributed by atoms with Crippen molar-refractivity contribution >= 4 is 0 Å². The van der Waals surface area contributed by atoms with Crippen LogP contribution in [0.15, 0.2) is 22.7 Å².